The summed E-state index contributed by atoms with van der Waals surface area (Å²) in [6.07, 6.45) is 10.4. The number of hydrogen-bond donors (Lipinski definition) is 0. The van der Waals surface area contributed by atoms with Gasteiger partial charge in [0.25, 0.3) is 0 Å². The van der Waals surface area contributed by atoms with E-state index in [1.807, 2.05) is 73.3 Å². The van der Waals surface area contributed by atoms with Crippen LogP contribution in [0.5, 0.6) is 0 Å². The quantitative estimate of drug-likeness (QED) is 0.359. The third-order valence-electron chi connectivity index (χ3n) is 3.94. The largest absolute Gasteiger partial charge is 0.206 e. The van der Waals surface area contributed by atoms with Crippen molar-refractivity contribution in [3.63, 3.8) is 0 Å². The van der Waals surface area contributed by atoms with Crippen LogP contribution in [0, 0.1) is 5.82 Å². The molecule has 0 nitrogen and oxygen atoms in total. The molecule has 0 unspecified atom stereocenters. The van der Waals surface area contributed by atoms with Crippen LogP contribution in [-0.2, 0) is 0 Å². The Hall–Kier alpha value is -2.06. The van der Waals surface area contributed by atoms with E-state index in [1.54, 1.807) is 6.07 Å². The van der Waals surface area contributed by atoms with Gasteiger partial charge in [0.05, 0.1) is 0 Å². The summed E-state index contributed by atoms with van der Waals surface area (Å²) in [6.45, 7) is 5.92. The molecule has 0 saturated carbocycles. The summed E-state index contributed by atoms with van der Waals surface area (Å²) in [5.74, 6) is 0.947. The lowest BCUT2D eigenvalue weighted by atomic mass is 9.96. The maximum atomic E-state index is 14.7. The van der Waals surface area contributed by atoms with Crippen LogP contribution in [0.25, 0.3) is 16.7 Å². The number of benzene rings is 2. The average Bonchev–Trinajstić information content (AvgIpc) is 2.62. The molecule has 2 aromatic carbocycles. The van der Waals surface area contributed by atoms with Crippen LogP contribution in [0.15, 0.2) is 78.9 Å². The summed E-state index contributed by atoms with van der Waals surface area (Å²) in [7, 11) is 0. The Morgan fingerprint density at radius 3 is 2.52 bits per heavy atom. The Balaban J connectivity index is 2.22. The number of unbranched alkanes of at least 4 members (excludes halogenated alkanes) is 1. The molecular formula is C23H25FS. The molecule has 0 amide bonds. The molecule has 0 radical (unpaired) electrons. The highest BCUT2D eigenvalue weighted by Crippen LogP contribution is 2.28. The van der Waals surface area contributed by atoms with Gasteiger partial charge in [-0.25, -0.2) is 4.39 Å². The zero-order valence-electron chi connectivity index (χ0n) is 15.0. The molecule has 0 aliphatic carbocycles. The zero-order chi connectivity index (χ0) is 18.1. The van der Waals surface area contributed by atoms with Crippen LogP contribution in [0.4, 0.5) is 4.39 Å². The summed E-state index contributed by atoms with van der Waals surface area (Å²) in [5, 5.41) is 0. The van der Waals surface area contributed by atoms with Gasteiger partial charge in [-0.15, -0.1) is 0 Å². The monoisotopic (exact) mass is 352 g/mol. The molecule has 0 N–H and O–H groups in total. The highest BCUT2D eigenvalue weighted by Gasteiger charge is 2.10. The third kappa shape index (κ3) is 5.75. The second-order valence-corrected chi connectivity index (χ2v) is 6.97. The van der Waals surface area contributed by atoms with Crippen molar-refractivity contribution in [3.05, 3.63) is 90.3 Å². The molecule has 0 aromatic heterocycles. The number of thioether (sulfide) groups is 1. The standard InChI is InChI=1S/C23H25FS/c1-18(2)21(13-9-4-5-10-16-25-3)22-15-14-20(17-23(22)24)19-11-7-6-8-12-19/h4,6-9,11-15,17H,1,5,10,16H2,2-3H3/b9-4-,21-13+. The molecule has 0 bridgehead atoms. The molecule has 2 rings (SSSR count). The number of allylic oxidation sites excluding steroid dienone is 5. The molecule has 0 heterocycles. The molecular weight excluding hydrogens is 327 g/mol. The van der Waals surface area contributed by atoms with Crippen molar-refractivity contribution in [2.75, 3.05) is 12.0 Å². The van der Waals surface area contributed by atoms with Crippen molar-refractivity contribution in [3.8, 4) is 11.1 Å². The molecule has 2 aromatic rings. The van der Waals surface area contributed by atoms with Crippen molar-refractivity contribution in [1.82, 2.24) is 0 Å². The van der Waals surface area contributed by atoms with Gasteiger partial charge in [0, 0.05) is 5.56 Å². The summed E-state index contributed by atoms with van der Waals surface area (Å²) >= 11 is 1.86. The minimum atomic E-state index is -0.216. The fourth-order valence-corrected chi connectivity index (χ4v) is 3.07. The van der Waals surface area contributed by atoms with E-state index < -0.39 is 0 Å². The SMILES string of the molecule is C=C(C)/C(=C\C=C/CCCSC)c1ccc(-c2ccccc2)cc1F. The van der Waals surface area contributed by atoms with Gasteiger partial charge >= 0.3 is 0 Å². The number of rotatable bonds is 8. The van der Waals surface area contributed by atoms with E-state index >= 15 is 0 Å². The number of hydrogen-bond acceptors (Lipinski definition) is 1. The van der Waals surface area contributed by atoms with Gasteiger partial charge in [-0.05, 0) is 54.5 Å². The summed E-state index contributed by atoms with van der Waals surface area (Å²) in [4.78, 5) is 0. The van der Waals surface area contributed by atoms with E-state index in [0.717, 1.165) is 40.9 Å². The molecule has 25 heavy (non-hydrogen) atoms. The first-order chi connectivity index (χ1) is 12.1. The Bertz CT molecular complexity index is 757. The van der Waals surface area contributed by atoms with Crippen molar-refractivity contribution >= 4 is 17.3 Å². The predicted octanol–water partition coefficient (Wildman–Crippen LogP) is 7.15. The van der Waals surface area contributed by atoms with Crippen LogP contribution >= 0.6 is 11.8 Å². The first-order valence-corrected chi connectivity index (χ1v) is 9.90. The lowest BCUT2D eigenvalue weighted by molar-refractivity contribution is 0.624. The summed E-state index contributed by atoms with van der Waals surface area (Å²) in [5.41, 5.74) is 4.21. The zero-order valence-corrected chi connectivity index (χ0v) is 15.8. The minimum absolute atomic E-state index is 0.216. The molecule has 0 atom stereocenters. The summed E-state index contributed by atoms with van der Waals surface area (Å²) < 4.78 is 14.7. The van der Waals surface area contributed by atoms with Crippen LogP contribution < -0.4 is 0 Å². The second-order valence-electron chi connectivity index (χ2n) is 5.98. The first kappa shape index (κ1) is 19.3. The van der Waals surface area contributed by atoms with Crippen LogP contribution in [0.2, 0.25) is 0 Å². The molecule has 0 spiro atoms. The fourth-order valence-electron chi connectivity index (χ4n) is 2.61. The maximum Gasteiger partial charge on any atom is 0.131 e. The van der Waals surface area contributed by atoms with Crippen LogP contribution in [0.1, 0.15) is 25.3 Å². The molecule has 130 valence electrons. The van der Waals surface area contributed by atoms with Crippen LogP contribution in [0.3, 0.4) is 0 Å². The fraction of sp³-hybridized carbons (Fsp3) is 0.217. The second kappa shape index (κ2) is 10.0. The third-order valence-corrected chi connectivity index (χ3v) is 4.64. The van der Waals surface area contributed by atoms with E-state index in [-0.39, 0.29) is 5.82 Å². The first-order valence-electron chi connectivity index (χ1n) is 8.50. The lowest BCUT2D eigenvalue weighted by Gasteiger charge is -2.10. The van der Waals surface area contributed by atoms with Gasteiger partial charge in [-0.3, -0.25) is 0 Å². The van der Waals surface area contributed by atoms with Gasteiger partial charge in [-0.1, -0.05) is 72.8 Å². The normalized spacial score (nSPS) is 11.9. The average molecular weight is 353 g/mol. The molecule has 2 heteroatoms. The van der Waals surface area contributed by atoms with Gasteiger partial charge in [0.1, 0.15) is 5.82 Å². The van der Waals surface area contributed by atoms with Crippen molar-refractivity contribution in [1.29, 1.82) is 0 Å². The highest BCUT2D eigenvalue weighted by molar-refractivity contribution is 7.98. The van der Waals surface area contributed by atoms with Crippen molar-refractivity contribution in [2.45, 2.75) is 19.8 Å². The van der Waals surface area contributed by atoms with Gasteiger partial charge in [0.2, 0.25) is 0 Å². The topological polar surface area (TPSA) is 0 Å². The minimum Gasteiger partial charge on any atom is -0.206 e. The van der Waals surface area contributed by atoms with Gasteiger partial charge in [-0.2, -0.15) is 11.8 Å². The molecule has 0 aliphatic heterocycles. The molecule has 0 fully saturated rings. The van der Waals surface area contributed by atoms with Gasteiger partial charge < -0.3 is 0 Å². The van der Waals surface area contributed by atoms with E-state index in [0.29, 0.717) is 5.56 Å². The van der Waals surface area contributed by atoms with E-state index in [2.05, 4.69) is 18.9 Å². The smallest absolute Gasteiger partial charge is 0.131 e. The van der Waals surface area contributed by atoms with Crippen LogP contribution in [-0.4, -0.2) is 12.0 Å². The Labute approximate surface area is 155 Å². The Morgan fingerprint density at radius 2 is 1.88 bits per heavy atom. The molecule has 0 saturated heterocycles. The maximum absolute atomic E-state index is 14.7. The Morgan fingerprint density at radius 1 is 1.12 bits per heavy atom. The van der Waals surface area contributed by atoms with Crippen molar-refractivity contribution in [2.24, 2.45) is 0 Å². The highest BCUT2D eigenvalue weighted by atomic mass is 32.2. The van der Waals surface area contributed by atoms with E-state index in [4.69, 9.17) is 0 Å². The van der Waals surface area contributed by atoms with Gasteiger partial charge in [0.15, 0.2) is 0 Å². The molecule has 0 aliphatic rings. The lowest BCUT2D eigenvalue weighted by Crippen LogP contribution is -1.92. The van der Waals surface area contributed by atoms with E-state index in [1.165, 1.54) is 0 Å². The van der Waals surface area contributed by atoms with Crippen molar-refractivity contribution < 1.29 is 4.39 Å². The number of halogens is 1. The van der Waals surface area contributed by atoms with E-state index in [9.17, 15) is 4.39 Å². The Kier molecular flexibility index (Phi) is 7.75. The summed E-state index contributed by atoms with van der Waals surface area (Å²) in [6, 6.07) is 15.3. The predicted molar refractivity (Wildman–Crippen MR) is 111 cm³/mol.